The average molecular weight is 607 g/mol. The zero-order valence-electron chi connectivity index (χ0n) is 26.9. The van der Waals surface area contributed by atoms with Crippen molar-refractivity contribution in [1.82, 2.24) is 10.6 Å². The Balaban J connectivity index is 1.62. The van der Waals surface area contributed by atoms with Crippen LogP contribution in [0.25, 0.3) is 0 Å². The number of hydrogen-bond acceptors (Lipinski definition) is 6. The molecule has 0 saturated carbocycles. The number of phenols is 1. The van der Waals surface area contributed by atoms with E-state index in [1.165, 1.54) is 0 Å². The molecule has 4 N–H and O–H groups in total. The van der Waals surface area contributed by atoms with Gasteiger partial charge in [0, 0.05) is 30.3 Å². The minimum atomic E-state index is -2.11. The second-order valence-corrected chi connectivity index (χ2v) is 17.5. The molecule has 0 fully saturated rings. The number of hydrogen-bond donors (Lipinski definition) is 4. The number of aliphatic hydroxyl groups is 1. The van der Waals surface area contributed by atoms with E-state index in [9.17, 15) is 15.0 Å². The molecule has 0 aliphatic carbocycles. The number of benzene rings is 3. The van der Waals surface area contributed by atoms with E-state index in [4.69, 9.17) is 9.16 Å². The van der Waals surface area contributed by atoms with Crippen LogP contribution in [0, 0.1) is 0 Å². The van der Waals surface area contributed by atoms with Crippen molar-refractivity contribution >= 4 is 14.2 Å². The van der Waals surface area contributed by atoms with Crippen molar-refractivity contribution in [2.75, 3.05) is 13.2 Å². The summed E-state index contributed by atoms with van der Waals surface area (Å²) in [5.41, 5.74) is 4.51. The molecule has 0 bridgehead atoms. The first kappa shape index (κ1) is 34.3. The van der Waals surface area contributed by atoms with Crippen molar-refractivity contribution in [2.45, 2.75) is 90.9 Å². The van der Waals surface area contributed by atoms with Gasteiger partial charge in [0.2, 0.25) is 5.91 Å². The fraction of sp³-hybridized carbons (Fsp3) is 0.457. The second kappa shape index (κ2) is 15.5. The Bertz CT molecular complexity index is 1340. The minimum absolute atomic E-state index is 0.0311. The molecule has 8 heteroatoms. The molecule has 0 aromatic heterocycles. The molecule has 1 amide bonds. The highest BCUT2D eigenvalue weighted by Crippen LogP contribution is 2.40. The Hall–Kier alpha value is -3.17. The lowest BCUT2D eigenvalue weighted by molar-refractivity contribution is -0.120. The van der Waals surface area contributed by atoms with Crippen molar-refractivity contribution in [3.8, 4) is 11.5 Å². The number of carbonyl (C=O) groups is 1. The molecule has 3 aromatic carbocycles. The van der Waals surface area contributed by atoms with Crippen LogP contribution in [0.15, 0.2) is 66.7 Å². The lowest BCUT2D eigenvalue weighted by Gasteiger charge is -2.40. The molecular weight excluding hydrogens is 556 g/mol. The van der Waals surface area contributed by atoms with Crippen LogP contribution in [-0.4, -0.2) is 43.6 Å². The number of nitrogens with one attached hydrogen (secondary N) is 2. The summed E-state index contributed by atoms with van der Waals surface area (Å²) in [5, 5.41) is 26.5. The zero-order valence-corrected chi connectivity index (χ0v) is 27.9. The monoisotopic (exact) mass is 606 g/mol. The van der Waals surface area contributed by atoms with Gasteiger partial charge in [0.05, 0.1) is 25.7 Å². The fourth-order valence-electron chi connectivity index (χ4n) is 4.68. The molecule has 3 aromatic rings. The van der Waals surface area contributed by atoms with Gasteiger partial charge in [-0.1, -0.05) is 69.3 Å². The maximum absolute atomic E-state index is 12.7. The number of para-hydroxylation sites is 1. The Morgan fingerprint density at radius 2 is 1.70 bits per heavy atom. The minimum Gasteiger partial charge on any atom is -0.508 e. The Morgan fingerprint density at radius 1 is 0.977 bits per heavy atom. The van der Waals surface area contributed by atoms with Crippen molar-refractivity contribution in [3.05, 3.63) is 94.5 Å². The van der Waals surface area contributed by atoms with Crippen LogP contribution < -0.4 is 15.4 Å². The van der Waals surface area contributed by atoms with Crippen molar-refractivity contribution in [1.29, 1.82) is 0 Å². The SMILES string of the molecule is CCOc1ccccc1CNC(=O)Cc1cccc(C[C@@H](C)NC[C@@H](O[Si](C)(C)C(C)(C)C)c2ccc(O)c(CO)c2)c1. The molecule has 2 atom stereocenters. The summed E-state index contributed by atoms with van der Waals surface area (Å²) in [4.78, 5) is 12.7. The van der Waals surface area contributed by atoms with Crippen LogP contribution in [0.2, 0.25) is 18.1 Å². The molecule has 0 unspecified atom stereocenters. The van der Waals surface area contributed by atoms with Gasteiger partial charge < -0.3 is 30.0 Å². The summed E-state index contributed by atoms with van der Waals surface area (Å²) >= 11 is 0. The Morgan fingerprint density at radius 3 is 2.40 bits per heavy atom. The second-order valence-electron chi connectivity index (χ2n) is 12.7. The van der Waals surface area contributed by atoms with Crippen LogP contribution in [0.3, 0.4) is 0 Å². The normalized spacial score (nSPS) is 13.4. The number of carbonyl (C=O) groups excluding carboxylic acids is 1. The van der Waals surface area contributed by atoms with E-state index in [1.807, 2.05) is 55.5 Å². The van der Waals surface area contributed by atoms with Crippen molar-refractivity contribution in [2.24, 2.45) is 0 Å². The van der Waals surface area contributed by atoms with Crippen molar-refractivity contribution in [3.63, 3.8) is 0 Å². The first-order valence-corrected chi connectivity index (χ1v) is 18.1. The van der Waals surface area contributed by atoms with Crippen LogP contribution in [0.5, 0.6) is 11.5 Å². The molecule has 43 heavy (non-hydrogen) atoms. The largest absolute Gasteiger partial charge is 0.508 e. The number of amides is 1. The molecule has 0 radical (unpaired) electrons. The van der Waals surface area contributed by atoms with Gasteiger partial charge in [-0.15, -0.1) is 0 Å². The molecule has 0 spiro atoms. The lowest BCUT2D eigenvalue weighted by atomic mass is 10.0. The quantitative estimate of drug-likeness (QED) is 0.149. The van der Waals surface area contributed by atoms with Crippen molar-refractivity contribution < 1.29 is 24.2 Å². The highest BCUT2D eigenvalue weighted by molar-refractivity contribution is 6.74. The van der Waals surface area contributed by atoms with Gasteiger partial charge in [0.1, 0.15) is 11.5 Å². The topological polar surface area (TPSA) is 100 Å². The smallest absolute Gasteiger partial charge is 0.224 e. The molecule has 7 nitrogen and oxygen atoms in total. The van der Waals surface area contributed by atoms with Gasteiger partial charge in [0.25, 0.3) is 0 Å². The summed E-state index contributed by atoms with van der Waals surface area (Å²) in [6, 6.07) is 21.4. The zero-order chi connectivity index (χ0) is 31.6. The van der Waals surface area contributed by atoms with Crippen LogP contribution in [0.1, 0.15) is 68.5 Å². The van der Waals surface area contributed by atoms with E-state index in [-0.39, 0.29) is 35.4 Å². The highest BCUT2D eigenvalue weighted by atomic mass is 28.4. The first-order chi connectivity index (χ1) is 20.3. The third kappa shape index (κ3) is 10.2. The summed E-state index contributed by atoms with van der Waals surface area (Å²) in [6.07, 6.45) is 0.877. The maximum atomic E-state index is 12.7. The van der Waals surface area contributed by atoms with E-state index in [1.54, 1.807) is 6.07 Å². The number of ether oxygens (including phenoxy) is 1. The summed E-state index contributed by atoms with van der Waals surface area (Å²) < 4.78 is 12.5. The number of aromatic hydroxyl groups is 1. The predicted octanol–water partition coefficient (Wildman–Crippen LogP) is 6.43. The molecule has 234 valence electrons. The molecule has 3 rings (SSSR count). The summed E-state index contributed by atoms with van der Waals surface area (Å²) in [7, 11) is -2.11. The van der Waals surface area contributed by atoms with Gasteiger partial charge in [-0.2, -0.15) is 0 Å². The molecular formula is C35H50N2O5Si. The maximum Gasteiger partial charge on any atom is 0.224 e. The molecule has 0 saturated heterocycles. The van der Waals surface area contributed by atoms with Gasteiger partial charge in [-0.25, -0.2) is 0 Å². The van der Waals surface area contributed by atoms with Crippen LogP contribution in [-0.2, 0) is 35.2 Å². The number of rotatable bonds is 15. The highest BCUT2D eigenvalue weighted by Gasteiger charge is 2.39. The fourth-order valence-corrected chi connectivity index (χ4v) is 5.97. The van der Waals surface area contributed by atoms with Crippen LogP contribution in [0.4, 0.5) is 0 Å². The van der Waals surface area contributed by atoms with Gasteiger partial charge in [-0.05, 0) is 73.3 Å². The van der Waals surface area contributed by atoms with E-state index >= 15 is 0 Å². The van der Waals surface area contributed by atoms with E-state index < -0.39 is 8.32 Å². The van der Waals surface area contributed by atoms with Crippen LogP contribution >= 0.6 is 0 Å². The third-order valence-electron chi connectivity index (χ3n) is 8.19. The Kier molecular flexibility index (Phi) is 12.4. The molecule has 0 aliphatic heterocycles. The van der Waals surface area contributed by atoms with E-state index in [0.29, 0.717) is 31.7 Å². The third-order valence-corrected chi connectivity index (χ3v) is 12.7. The summed E-state index contributed by atoms with van der Waals surface area (Å²) in [6.45, 7) is 16.6. The molecule has 0 heterocycles. The average Bonchev–Trinajstić information content (AvgIpc) is 2.95. The first-order valence-electron chi connectivity index (χ1n) is 15.2. The van der Waals surface area contributed by atoms with E-state index in [2.05, 4.69) is 63.6 Å². The van der Waals surface area contributed by atoms with E-state index in [0.717, 1.165) is 34.4 Å². The van der Waals surface area contributed by atoms with Gasteiger partial charge in [0.15, 0.2) is 8.32 Å². The van der Waals surface area contributed by atoms with Gasteiger partial charge in [-0.3, -0.25) is 4.79 Å². The lowest BCUT2D eigenvalue weighted by Crippen LogP contribution is -2.44. The standard InChI is InChI=1S/C35H50N2O5Si/c1-8-41-32-15-10-9-14-29(32)22-37-34(40)20-27-13-11-12-26(19-27)18-25(2)36-23-33(42-43(6,7)35(3,4)5)28-16-17-31(39)30(21-28)24-38/h9-17,19,21,25,33,36,38-39H,8,18,20,22-24H2,1-7H3,(H,37,40)/t25-,33-/m1/s1. The predicted molar refractivity (Wildman–Crippen MR) is 176 cm³/mol. The summed E-state index contributed by atoms with van der Waals surface area (Å²) in [5.74, 6) is 0.851. The van der Waals surface area contributed by atoms with Gasteiger partial charge >= 0.3 is 0 Å². The number of aliphatic hydroxyl groups excluding tert-OH is 1. The molecule has 0 aliphatic rings. The Labute approximate surface area is 258 Å².